The van der Waals surface area contributed by atoms with E-state index < -0.39 is 0 Å². The number of benzene rings is 1. The Balaban J connectivity index is 3.27. The second-order valence-electron chi connectivity index (χ2n) is 5.98. The standard InChI is InChI=1S/C15H24/c1-10-8-11(2)13(4)14(12(10)3)9-15(5,6)7/h8H,9H2,1-7H3. The van der Waals surface area contributed by atoms with Gasteiger partial charge in [-0.2, -0.15) is 0 Å². The van der Waals surface area contributed by atoms with Gasteiger partial charge in [0.05, 0.1) is 0 Å². The summed E-state index contributed by atoms with van der Waals surface area (Å²) in [5, 5.41) is 0. The van der Waals surface area contributed by atoms with Crippen LogP contribution in [0, 0.1) is 33.1 Å². The first-order chi connectivity index (χ1) is 6.72. The highest BCUT2D eigenvalue weighted by molar-refractivity contribution is 5.44. The smallest absolute Gasteiger partial charge is 0.0224 e. The zero-order valence-corrected chi connectivity index (χ0v) is 11.3. The van der Waals surface area contributed by atoms with Crippen molar-refractivity contribution in [3.8, 4) is 0 Å². The molecule has 1 aromatic carbocycles. The van der Waals surface area contributed by atoms with E-state index in [1.54, 1.807) is 5.56 Å². The molecule has 0 aliphatic rings. The molecule has 0 aliphatic carbocycles. The van der Waals surface area contributed by atoms with E-state index in [0.29, 0.717) is 5.41 Å². The molecule has 1 rings (SSSR count). The number of rotatable bonds is 1. The highest BCUT2D eigenvalue weighted by atomic mass is 14.2. The van der Waals surface area contributed by atoms with Gasteiger partial charge in [-0.3, -0.25) is 0 Å². The van der Waals surface area contributed by atoms with Gasteiger partial charge in [-0.05, 0) is 67.3 Å². The molecule has 0 fully saturated rings. The second-order valence-corrected chi connectivity index (χ2v) is 5.98. The van der Waals surface area contributed by atoms with Crippen LogP contribution in [0.25, 0.3) is 0 Å². The van der Waals surface area contributed by atoms with E-state index >= 15 is 0 Å². The van der Waals surface area contributed by atoms with Gasteiger partial charge >= 0.3 is 0 Å². The van der Waals surface area contributed by atoms with E-state index in [1.807, 2.05) is 0 Å². The zero-order chi connectivity index (χ0) is 11.8. The number of hydrogen-bond acceptors (Lipinski definition) is 0. The van der Waals surface area contributed by atoms with E-state index in [-0.39, 0.29) is 0 Å². The van der Waals surface area contributed by atoms with Crippen molar-refractivity contribution in [2.75, 3.05) is 0 Å². The summed E-state index contributed by atoms with van der Waals surface area (Å²) in [5.41, 5.74) is 7.74. The highest BCUT2D eigenvalue weighted by Crippen LogP contribution is 2.28. The van der Waals surface area contributed by atoms with Crippen molar-refractivity contribution >= 4 is 0 Å². The third-order valence-electron chi connectivity index (χ3n) is 3.23. The maximum atomic E-state index is 2.31. The number of aryl methyl sites for hydroxylation is 2. The lowest BCUT2D eigenvalue weighted by atomic mass is 9.82. The fraction of sp³-hybridized carbons (Fsp3) is 0.600. The maximum absolute atomic E-state index is 2.31. The lowest BCUT2D eigenvalue weighted by Gasteiger charge is -2.23. The van der Waals surface area contributed by atoms with Gasteiger partial charge in [0, 0.05) is 0 Å². The van der Waals surface area contributed by atoms with Gasteiger partial charge in [-0.15, -0.1) is 0 Å². The third-order valence-corrected chi connectivity index (χ3v) is 3.23. The van der Waals surface area contributed by atoms with Gasteiger partial charge in [-0.1, -0.05) is 26.8 Å². The van der Waals surface area contributed by atoms with Gasteiger partial charge in [0.2, 0.25) is 0 Å². The fourth-order valence-corrected chi connectivity index (χ4v) is 2.09. The SMILES string of the molecule is Cc1cc(C)c(C)c(CC(C)(C)C)c1C. The summed E-state index contributed by atoms with van der Waals surface area (Å²) >= 11 is 0. The van der Waals surface area contributed by atoms with Gasteiger partial charge in [0.15, 0.2) is 0 Å². The molecule has 0 aliphatic heterocycles. The van der Waals surface area contributed by atoms with Gasteiger partial charge in [-0.25, -0.2) is 0 Å². The summed E-state index contributed by atoms with van der Waals surface area (Å²) in [6.45, 7) is 15.9. The molecule has 0 saturated carbocycles. The Morgan fingerprint density at radius 2 is 1.27 bits per heavy atom. The Kier molecular flexibility index (Phi) is 3.28. The van der Waals surface area contributed by atoms with Crippen molar-refractivity contribution in [3.63, 3.8) is 0 Å². The van der Waals surface area contributed by atoms with Gasteiger partial charge < -0.3 is 0 Å². The summed E-state index contributed by atoms with van der Waals surface area (Å²) in [6, 6.07) is 2.30. The van der Waals surface area contributed by atoms with Crippen molar-refractivity contribution in [1.82, 2.24) is 0 Å². The Hall–Kier alpha value is -0.780. The van der Waals surface area contributed by atoms with Crippen LogP contribution in [0.2, 0.25) is 0 Å². The molecule has 0 heterocycles. The van der Waals surface area contributed by atoms with Crippen LogP contribution in [-0.2, 0) is 6.42 Å². The molecule has 84 valence electrons. The number of hydrogen-bond donors (Lipinski definition) is 0. The summed E-state index contributed by atoms with van der Waals surface area (Å²) in [6.07, 6.45) is 1.17. The van der Waals surface area contributed by atoms with Crippen LogP contribution in [0.4, 0.5) is 0 Å². The maximum Gasteiger partial charge on any atom is -0.0224 e. The molecule has 0 aromatic heterocycles. The molecule has 1 aromatic rings. The molecule has 0 spiro atoms. The first-order valence-electron chi connectivity index (χ1n) is 5.78. The topological polar surface area (TPSA) is 0 Å². The lowest BCUT2D eigenvalue weighted by molar-refractivity contribution is 0.409. The van der Waals surface area contributed by atoms with Crippen LogP contribution >= 0.6 is 0 Å². The Bertz CT molecular complexity index is 338. The normalized spacial score (nSPS) is 11.9. The van der Waals surface area contributed by atoms with Gasteiger partial charge in [0.1, 0.15) is 0 Å². The quantitative estimate of drug-likeness (QED) is 0.631. The van der Waals surface area contributed by atoms with Crippen molar-refractivity contribution < 1.29 is 0 Å². The Labute approximate surface area is 94.7 Å². The van der Waals surface area contributed by atoms with Crippen molar-refractivity contribution in [2.45, 2.75) is 54.9 Å². The summed E-state index contributed by atoms with van der Waals surface area (Å²) in [4.78, 5) is 0. The minimum absolute atomic E-state index is 0.371. The first-order valence-corrected chi connectivity index (χ1v) is 5.78. The molecule has 0 amide bonds. The van der Waals surface area contributed by atoms with Crippen LogP contribution in [0.3, 0.4) is 0 Å². The van der Waals surface area contributed by atoms with Crippen LogP contribution in [0.1, 0.15) is 48.6 Å². The largest absolute Gasteiger partial charge is 0.0599 e. The molecule has 0 N–H and O–H groups in total. The van der Waals surface area contributed by atoms with Crippen molar-refractivity contribution in [3.05, 3.63) is 33.9 Å². The summed E-state index contributed by atoms with van der Waals surface area (Å²) in [7, 11) is 0. The van der Waals surface area contributed by atoms with Crippen LogP contribution < -0.4 is 0 Å². The average molecular weight is 204 g/mol. The predicted octanol–water partition coefficient (Wildman–Crippen LogP) is 4.51. The predicted molar refractivity (Wildman–Crippen MR) is 68.5 cm³/mol. The minimum Gasteiger partial charge on any atom is -0.0599 e. The molecular weight excluding hydrogens is 180 g/mol. The van der Waals surface area contributed by atoms with Crippen LogP contribution in [0.5, 0.6) is 0 Å². The lowest BCUT2D eigenvalue weighted by Crippen LogP contribution is -2.12. The molecule has 0 bridgehead atoms. The van der Waals surface area contributed by atoms with Gasteiger partial charge in [0.25, 0.3) is 0 Å². The average Bonchev–Trinajstić information content (AvgIpc) is 2.08. The molecular formula is C15H24. The molecule has 0 unspecified atom stereocenters. The molecule has 0 saturated heterocycles. The molecule has 0 radical (unpaired) electrons. The van der Waals surface area contributed by atoms with Crippen LogP contribution in [-0.4, -0.2) is 0 Å². The van der Waals surface area contributed by atoms with E-state index in [1.165, 1.54) is 28.7 Å². The fourth-order valence-electron chi connectivity index (χ4n) is 2.09. The minimum atomic E-state index is 0.371. The molecule has 0 heteroatoms. The van der Waals surface area contributed by atoms with E-state index in [0.717, 1.165) is 0 Å². The molecule has 15 heavy (non-hydrogen) atoms. The second kappa shape index (κ2) is 4.00. The highest BCUT2D eigenvalue weighted by Gasteiger charge is 2.16. The van der Waals surface area contributed by atoms with Crippen molar-refractivity contribution in [2.24, 2.45) is 5.41 Å². The Morgan fingerprint density at radius 1 is 0.867 bits per heavy atom. The monoisotopic (exact) mass is 204 g/mol. The van der Waals surface area contributed by atoms with Crippen LogP contribution in [0.15, 0.2) is 6.07 Å². The third kappa shape index (κ3) is 2.84. The van der Waals surface area contributed by atoms with E-state index in [9.17, 15) is 0 Å². The summed E-state index contributed by atoms with van der Waals surface area (Å²) in [5.74, 6) is 0. The zero-order valence-electron chi connectivity index (χ0n) is 11.3. The summed E-state index contributed by atoms with van der Waals surface area (Å²) < 4.78 is 0. The first kappa shape index (κ1) is 12.3. The van der Waals surface area contributed by atoms with E-state index in [4.69, 9.17) is 0 Å². The molecule has 0 nitrogen and oxygen atoms in total. The van der Waals surface area contributed by atoms with Crippen molar-refractivity contribution in [1.29, 1.82) is 0 Å². The molecule has 0 atom stereocenters. The van der Waals surface area contributed by atoms with E-state index in [2.05, 4.69) is 54.5 Å². The Morgan fingerprint density at radius 3 is 1.60 bits per heavy atom.